The zero-order valence-corrected chi connectivity index (χ0v) is 16.9. The van der Waals surface area contributed by atoms with Crippen LogP contribution in [0.25, 0.3) is 0 Å². The molecule has 7 nitrogen and oxygen atoms in total. The molecule has 146 valence electrons. The van der Waals surface area contributed by atoms with Crippen molar-refractivity contribution in [3.05, 3.63) is 82.7 Å². The van der Waals surface area contributed by atoms with Crippen molar-refractivity contribution >= 4 is 38.7 Å². The van der Waals surface area contributed by atoms with Gasteiger partial charge in [0.1, 0.15) is 4.21 Å². The normalized spacial score (nSPS) is 11.5. The van der Waals surface area contributed by atoms with Gasteiger partial charge in [-0.15, -0.1) is 11.3 Å². The first kappa shape index (κ1) is 20.3. The summed E-state index contributed by atoms with van der Waals surface area (Å²) in [6.45, 7) is 1.72. The Hall–Kier alpha value is -3.48. The van der Waals surface area contributed by atoms with E-state index in [2.05, 4.69) is 15.2 Å². The Morgan fingerprint density at radius 2 is 1.79 bits per heavy atom. The number of hydrogen-bond acceptors (Lipinski definition) is 6. The predicted octanol–water partition coefficient (Wildman–Crippen LogP) is 3.57. The molecule has 0 aliphatic rings. The molecule has 2 N–H and O–H groups in total. The first-order valence-electron chi connectivity index (χ1n) is 8.41. The highest BCUT2D eigenvalue weighted by Gasteiger charge is 2.19. The van der Waals surface area contributed by atoms with Crippen molar-refractivity contribution in [2.45, 2.75) is 11.1 Å². The van der Waals surface area contributed by atoms with Crippen molar-refractivity contribution in [2.24, 2.45) is 5.10 Å². The summed E-state index contributed by atoms with van der Waals surface area (Å²) in [5.74, 6) is -0.553. The number of nitriles is 1. The maximum atomic E-state index is 12.6. The molecule has 0 fully saturated rings. The average Bonchev–Trinajstić information content (AvgIpc) is 3.28. The third kappa shape index (κ3) is 4.87. The first-order valence-corrected chi connectivity index (χ1v) is 10.8. The van der Waals surface area contributed by atoms with E-state index < -0.39 is 15.9 Å². The molecular formula is C20H16N4O3S2. The molecule has 0 saturated heterocycles. The van der Waals surface area contributed by atoms with E-state index in [-0.39, 0.29) is 15.5 Å². The number of carbonyl (C=O) groups is 1. The van der Waals surface area contributed by atoms with Crippen molar-refractivity contribution in [2.75, 3.05) is 4.72 Å². The summed E-state index contributed by atoms with van der Waals surface area (Å²) in [4.78, 5) is 12.6. The van der Waals surface area contributed by atoms with E-state index in [0.29, 0.717) is 11.3 Å². The fourth-order valence-electron chi connectivity index (χ4n) is 2.43. The molecule has 3 rings (SSSR count). The number of carbonyl (C=O) groups excluding carboxylic acids is 1. The van der Waals surface area contributed by atoms with E-state index in [9.17, 15) is 13.2 Å². The second-order valence-electron chi connectivity index (χ2n) is 5.91. The van der Waals surface area contributed by atoms with Gasteiger partial charge in [-0.25, -0.2) is 13.8 Å². The second-order valence-corrected chi connectivity index (χ2v) is 8.77. The summed E-state index contributed by atoms with van der Waals surface area (Å²) in [5, 5.41) is 14.6. The molecule has 0 saturated carbocycles. The number of amides is 1. The Kier molecular flexibility index (Phi) is 6.07. The van der Waals surface area contributed by atoms with Crippen LogP contribution in [0, 0.1) is 11.3 Å². The Bertz CT molecular complexity index is 1190. The van der Waals surface area contributed by atoms with Crippen molar-refractivity contribution < 1.29 is 13.2 Å². The molecule has 0 unspecified atom stereocenters. The lowest BCUT2D eigenvalue weighted by Gasteiger charge is -2.11. The van der Waals surface area contributed by atoms with Crippen LogP contribution in [0.5, 0.6) is 0 Å². The van der Waals surface area contributed by atoms with Gasteiger partial charge in [0.2, 0.25) is 0 Å². The second kappa shape index (κ2) is 8.68. The number of rotatable bonds is 6. The van der Waals surface area contributed by atoms with Gasteiger partial charge in [-0.05, 0) is 48.2 Å². The van der Waals surface area contributed by atoms with Gasteiger partial charge in [-0.2, -0.15) is 10.4 Å². The average molecular weight is 425 g/mol. The van der Waals surface area contributed by atoms with Crippen LogP contribution in [-0.2, 0) is 10.0 Å². The molecular weight excluding hydrogens is 408 g/mol. The minimum Gasteiger partial charge on any atom is -0.278 e. The molecule has 0 radical (unpaired) electrons. The number of hydrogen-bond donors (Lipinski definition) is 2. The van der Waals surface area contributed by atoms with Gasteiger partial charge in [0.05, 0.1) is 28.6 Å². The Labute approximate surface area is 172 Å². The molecule has 1 heterocycles. The lowest BCUT2D eigenvalue weighted by atomic mass is 10.1. The van der Waals surface area contributed by atoms with E-state index in [4.69, 9.17) is 5.26 Å². The summed E-state index contributed by atoms with van der Waals surface area (Å²) >= 11 is 1.08. The monoisotopic (exact) mass is 424 g/mol. The largest absolute Gasteiger partial charge is 0.278 e. The Morgan fingerprint density at radius 3 is 2.45 bits per heavy atom. The van der Waals surface area contributed by atoms with Crippen molar-refractivity contribution in [3.63, 3.8) is 0 Å². The molecule has 0 bridgehead atoms. The quantitative estimate of drug-likeness (QED) is 0.465. The van der Waals surface area contributed by atoms with Gasteiger partial charge in [0.15, 0.2) is 0 Å². The number of hydrazone groups is 1. The fraction of sp³-hybridized carbons (Fsp3) is 0.0500. The van der Waals surface area contributed by atoms with Crippen LogP contribution in [0.4, 0.5) is 5.69 Å². The summed E-state index contributed by atoms with van der Waals surface area (Å²) < 4.78 is 27.5. The van der Waals surface area contributed by atoms with Gasteiger partial charge in [0, 0.05) is 0 Å². The van der Waals surface area contributed by atoms with Crippen molar-refractivity contribution in [3.8, 4) is 6.07 Å². The smallest absolute Gasteiger partial charge is 0.273 e. The van der Waals surface area contributed by atoms with E-state index in [1.165, 1.54) is 18.2 Å². The number of thiophene rings is 1. The SMILES string of the molecule is CC(=NNC(=O)c1ccccc1NS(=O)(=O)c1cccs1)c1ccc(C#N)cc1. The molecule has 3 aromatic rings. The molecule has 0 atom stereocenters. The highest BCUT2D eigenvalue weighted by molar-refractivity contribution is 7.94. The molecule has 9 heteroatoms. The third-order valence-corrected chi connectivity index (χ3v) is 6.70. The topological polar surface area (TPSA) is 111 Å². The van der Waals surface area contributed by atoms with Gasteiger partial charge in [-0.1, -0.05) is 30.3 Å². The van der Waals surface area contributed by atoms with Gasteiger partial charge in [-0.3, -0.25) is 9.52 Å². The number of anilines is 1. The molecule has 2 aromatic carbocycles. The number of nitrogens with zero attached hydrogens (tertiary/aromatic N) is 2. The van der Waals surface area contributed by atoms with Crippen LogP contribution in [0.2, 0.25) is 0 Å². The molecule has 1 aromatic heterocycles. The van der Waals surface area contributed by atoms with E-state index in [1.54, 1.807) is 54.8 Å². The Morgan fingerprint density at radius 1 is 1.07 bits per heavy atom. The maximum Gasteiger partial charge on any atom is 0.273 e. The number of para-hydroxylation sites is 1. The van der Waals surface area contributed by atoms with Crippen LogP contribution in [0.3, 0.4) is 0 Å². The maximum absolute atomic E-state index is 12.6. The number of nitrogens with one attached hydrogen (secondary N) is 2. The number of sulfonamides is 1. The summed E-state index contributed by atoms with van der Waals surface area (Å²) in [6, 6.07) is 18.2. The highest BCUT2D eigenvalue weighted by atomic mass is 32.2. The molecule has 0 aliphatic carbocycles. The van der Waals surface area contributed by atoms with Gasteiger partial charge >= 0.3 is 0 Å². The van der Waals surface area contributed by atoms with Crippen LogP contribution >= 0.6 is 11.3 Å². The van der Waals surface area contributed by atoms with Crippen LogP contribution in [0.15, 0.2) is 75.4 Å². The van der Waals surface area contributed by atoms with Gasteiger partial charge in [0.25, 0.3) is 15.9 Å². The predicted molar refractivity (Wildman–Crippen MR) is 112 cm³/mol. The summed E-state index contributed by atoms with van der Waals surface area (Å²) in [6.07, 6.45) is 0. The first-order chi connectivity index (χ1) is 13.9. The molecule has 1 amide bonds. The van der Waals surface area contributed by atoms with E-state index in [1.807, 2.05) is 6.07 Å². The lowest BCUT2D eigenvalue weighted by Crippen LogP contribution is -2.22. The minimum atomic E-state index is -3.78. The van der Waals surface area contributed by atoms with Crippen LogP contribution in [0.1, 0.15) is 28.4 Å². The fourth-order valence-corrected chi connectivity index (χ4v) is 4.50. The van der Waals surface area contributed by atoms with Crippen molar-refractivity contribution in [1.82, 2.24) is 5.43 Å². The summed E-state index contributed by atoms with van der Waals surface area (Å²) in [7, 11) is -3.78. The van der Waals surface area contributed by atoms with Crippen LogP contribution < -0.4 is 10.1 Å². The van der Waals surface area contributed by atoms with Crippen molar-refractivity contribution in [1.29, 1.82) is 5.26 Å². The van der Waals surface area contributed by atoms with Crippen LogP contribution in [-0.4, -0.2) is 20.0 Å². The standard InChI is InChI=1S/C20H16N4O3S2/c1-14(16-10-8-15(13-21)9-11-16)22-23-20(25)17-5-2-3-6-18(17)24-29(26,27)19-7-4-12-28-19/h2-12,24H,1H3,(H,23,25). The molecule has 0 spiro atoms. The zero-order chi connectivity index (χ0) is 20.9. The van der Waals surface area contributed by atoms with E-state index >= 15 is 0 Å². The zero-order valence-electron chi connectivity index (χ0n) is 15.3. The van der Waals surface area contributed by atoms with E-state index in [0.717, 1.165) is 16.9 Å². The molecule has 0 aliphatic heterocycles. The van der Waals surface area contributed by atoms with Gasteiger partial charge < -0.3 is 0 Å². The minimum absolute atomic E-state index is 0.143. The Balaban J connectivity index is 1.78. The third-order valence-electron chi connectivity index (χ3n) is 3.93. The molecule has 29 heavy (non-hydrogen) atoms. The number of benzene rings is 2. The highest BCUT2D eigenvalue weighted by Crippen LogP contribution is 2.22. The summed E-state index contributed by atoms with van der Waals surface area (Å²) in [5.41, 5.74) is 4.55. The lowest BCUT2D eigenvalue weighted by molar-refractivity contribution is 0.0955.